The first kappa shape index (κ1) is 19.9. The molecule has 0 amide bonds. The van der Waals surface area contributed by atoms with Crippen molar-refractivity contribution in [3.8, 4) is 5.69 Å². The summed E-state index contributed by atoms with van der Waals surface area (Å²) in [5, 5.41) is 0.507. The predicted octanol–water partition coefficient (Wildman–Crippen LogP) is 5.11. The normalized spacial score (nSPS) is 11.5. The van der Waals surface area contributed by atoms with Crippen LogP contribution in [-0.2, 0) is 17.5 Å². The predicted molar refractivity (Wildman–Crippen MR) is 95.9 cm³/mol. The maximum Gasteiger partial charge on any atom is 0.416 e. The lowest BCUT2D eigenvalue weighted by atomic mass is 10.1. The second kappa shape index (κ2) is 8.05. The van der Waals surface area contributed by atoms with Gasteiger partial charge in [-0.1, -0.05) is 23.9 Å². The van der Waals surface area contributed by atoms with E-state index in [1.807, 2.05) is 0 Å². The quantitative estimate of drug-likeness (QED) is 0.333. The van der Waals surface area contributed by atoms with Gasteiger partial charge in [0, 0.05) is 5.69 Å². The van der Waals surface area contributed by atoms with Gasteiger partial charge in [0.2, 0.25) is 0 Å². The maximum absolute atomic E-state index is 13.2. The van der Waals surface area contributed by atoms with Crippen molar-refractivity contribution in [2.45, 2.75) is 17.9 Å². The second-order valence-corrected chi connectivity index (χ2v) is 6.49. The van der Waals surface area contributed by atoms with Crippen LogP contribution in [0.15, 0.2) is 59.9 Å². The molecule has 0 fully saturated rings. The van der Waals surface area contributed by atoms with Gasteiger partial charge in [-0.3, -0.25) is 4.57 Å². The van der Waals surface area contributed by atoms with Gasteiger partial charge in [0.05, 0.1) is 11.8 Å². The molecule has 2 aromatic carbocycles. The van der Waals surface area contributed by atoms with E-state index in [1.165, 1.54) is 58.9 Å². The van der Waals surface area contributed by atoms with Gasteiger partial charge < -0.3 is 4.74 Å². The molecule has 9 heteroatoms. The summed E-state index contributed by atoms with van der Waals surface area (Å²) >= 11 is 1.29. The van der Waals surface area contributed by atoms with Crippen molar-refractivity contribution >= 4 is 17.7 Å². The number of carbonyl (C=O) groups is 1. The van der Waals surface area contributed by atoms with Crippen molar-refractivity contribution in [2.75, 3.05) is 6.26 Å². The number of imidazole rings is 1. The Labute approximate surface area is 162 Å². The smallest absolute Gasteiger partial charge is 0.416 e. The molecular formula is C19H14F4N2O2S. The number of esters is 1. The Morgan fingerprint density at radius 1 is 1.11 bits per heavy atom. The zero-order valence-electron chi connectivity index (χ0n) is 14.5. The van der Waals surface area contributed by atoms with E-state index in [-0.39, 0.29) is 12.3 Å². The van der Waals surface area contributed by atoms with E-state index in [2.05, 4.69) is 4.98 Å². The van der Waals surface area contributed by atoms with E-state index in [9.17, 15) is 22.4 Å². The molecule has 0 aliphatic carbocycles. The number of thioether (sulfide) groups is 1. The van der Waals surface area contributed by atoms with Crippen molar-refractivity contribution < 1.29 is 27.1 Å². The highest BCUT2D eigenvalue weighted by molar-refractivity contribution is 7.98. The Balaban J connectivity index is 1.78. The zero-order valence-corrected chi connectivity index (χ0v) is 15.4. The molecule has 1 heterocycles. The summed E-state index contributed by atoms with van der Waals surface area (Å²) in [6, 6.07) is 9.89. The van der Waals surface area contributed by atoms with Crippen molar-refractivity contribution in [1.29, 1.82) is 0 Å². The Morgan fingerprint density at radius 3 is 2.32 bits per heavy atom. The summed E-state index contributed by atoms with van der Waals surface area (Å²) in [5.74, 6) is -1.11. The largest absolute Gasteiger partial charge is 0.456 e. The molecule has 0 bridgehead atoms. The molecule has 0 aliphatic heterocycles. The lowest BCUT2D eigenvalue weighted by Crippen LogP contribution is -2.12. The molecule has 3 aromatic rings. The molecule has 4 nitrogen and oxygen atoms in total. The summed E-state index contributed by atoms with van der Waals surface area (Å²) in [6.45, 7) is -0.194. The molecule has 0 atom stereocenters. The van der Waals surface area contributed by atoms with Crippen LogP contribution in [0.5, 0.6) is 0 Å². The molecule has 0 N–H and O–H groups in total. The monoisotopic (exact) mass is 410 g/mol. The first-order valence-corrected chi connectivity index (χ1v) is 9.23. The fourth-order valence-corrected chi connectivity index (χ4v) is 3.02. The van der Waals surface area contributed by atoms with Gasteiger partial charge in [0.15, 0.2) is 10.9 Å². The molecule has 1 aromatic heterocycles. The molecule has 0 unspecified atom stereocenters. The molecule has 3 rings (SSSR count). The third kappa shape index (κ3) is 4.36. The van der Waals surface area contributed by atoms with Gasteiger partial charge in [-0.05, 0) is 48.2 Å². The molecule has 0 radical (unpaired) electrons. The lowest BCUT2D eigenvalue weighted by molar-refractivity contribution is -0.137. The van der Waals surface area contributed by atoms with Crippen molar-refractivity contribution in [1.82, 2.24) is 9.55 Å². The van der Waals surface area contributed by atoms with Crippen molar-refractivity contribution in [3.63, 3.8) is 0 Å². The maximum atomic E-state index is 13.2. The van der Waals surface area contributed by atoms with Crippen LogP contribution in [0.3, 0.4) is 0 Å². The molecular weight excluding hydrogens is 396 g/mol. The number of rotatable bonds is 5. The van der Waals surface area contributed by atoms with Gasteiger partial charge in [0.1, 0.15) is 12.4 Å². The average Bonchev–Trinajstić information content (AvgIpc) is 3.10. The number of alkyl halides is 3. The topological polar surface area (TPSA) is 44.1 Å². The van der Waals surface area contributed by atoms with Gasteiger partial charge >= 0.3 is 12.1 Å². The van der Waals surface area contributed by atoms with E-state index in [1.54, 1.807) is 6.26 Å². The molecule has 0 saturated heterocycles. The van der Waals surface area contributed by atoms with Gasteiger partial charge in [-0.2, -0.15) is 13.2 Å². The highest BCUT2D eigenvalue weighted by atomic mass is 32.2. The minimum atomic E-state index is -4.43. The average molecular weight is 410 g/mol. The fraction of sp³-hybridized carbons (Fsp3) is 0.158. The second-order valence-electron chi connectivity index (χ2n) is 5.71. The number of aromatic nitrogens is 2. The fourth-order valence-electron chi connectivity index (χ4n) is 2.48. The summed E-state index contributed by atoms with van der Waals surface area (Å²) in [5.41, 5.74) is 0.300. The molecule has 28 heavy (non-hydrogen) atoms. The number of benzene rings is 2. The number of hydrogen-bond acceptors (Lipinski definition) is 4. The van der Waals surface area contributed by atoms with Crippen LogP contribution in [0.1, 0.15) is 21.6 Å². The van der Waals surface area contributed by atoms with Crippen LogP contribution in [0.25, 0.3) is 5.69 Å². The SMILES string of the molecule is CSc1ncc(C(=O)OCc2ccc(C(F)(F)F)cc2)n1-c1ccc(F)cc1. The number of nitrogens with zero attached hydrogens (tertiary/aromatic N) is 2. The van der Waals surface area contributed by atoms with Crippen LogP contribution in [0.2, 0.25) is 0 Å². The van der Waals surface area contributed by atoms with Crippen LogP contribution >= 0.6 is 11.8 Å². The number of hydrogen-bond donors (Lipinski definition) is 0. The summed E-state index contributed by atoms with van der Waals surface area (Å²) in [7, 11) is 0. The zero-order chi connectivity index (χ0) is 20.3. The van der Waals surface area contributed by atoms with Crippen LogP contribution in [-0.4, -0.2) is 21.8 Å². The van der Waals surface area contributed by atoms with Crippen molar-refractivity contribution in [3.05, 3.63) is 77.4 Å². The van der Waals surface area contributed by atoms with E-state index in [0.29, 0.717) is 16.4 Å². The van der Waals surface area contributed by atoms with E-state index >= 15 is 0 Å². The Bertz CT molecular complexity index is 967. The van der Waals surface area contributed by atoms with Gasteiger partial charge in [0.25, 0.3) is 0 Å². The Kier molecular flexibility index (Phi) is 5.73. The molecule has 0 saturated carbocycles. The van der Waals surface area contributed by atoms with Crippen molar-refractivity contribution in [2.24, 2.45) is 0 Å². The minimum absolute atomic E-state index is 0.128. The number of halogens is 4. The third-order valence-corrected chi connectivity index (χ3v) is 4.51. The van der Waals surface area contributed by atoms with Gasteiger partial charge in [-0.25, -0.2) is 14.2 Å². The Hall–Kier alpha value is -2.81. The summed E-state index contributed by atoms with van der Waals surface area (Å²) in [6.07, 6.45) is -1.31. The molecule has 0 spiro atoms. The lowest BCUT2D eigenvalue weighted by Gasteiger charge is -2.11. The highest BCUT2D eigenvalue weighted by Gasteiger charge is 2.30. The van der Waals surface area contributed by atoms with Crippen LogP contribution < -0.4 is 0 Å². The van der Waals surface area contributed by atoms with E-state index < -0.39 is 23.5 Å². The standard InChI is InChI=1S/C19H14F4N2O2S/c1-28-18-24-10-16(25(18)15-8-6-14(20)7-9-15)17(26)27-11-12-2-4-13(5-3-12)19(21,22)23/h2-10H,11H2,1H3. The van der Waals surface area contributed by atoms with Crippen LogP contribution in [0, 0.1) is 5.82 Å². The van der Waals surface area contributed by atoms with Gasteiger partial charge in [-0.15, -0.1) is 0 Å². The van der Waals surface area contributed by atoms with E-state index in [0.717, 1.165) is 12.1 Å². The van der Waals surface area contributed by atoms with Crippen LogP contribution in [0.4, 0.5) is 17.6 Å². The summed E-state index contributed by atoms with van der Waals surface area (Å²) < 4.78 is 57.7. The molecule has 0 aliphatic rings. The summed E-state index contributed by atoms with van der Waals surface area (Å²) in [4.78, 5) is 16.6. The molecule has 146 valence electrons. The first-order valence-electron chi connectivity index (χ1n) is 8.00. The third-order valence-electron chi connectivity index (χ3n) is 3.86. The van der Waals surface area contributed by atoms with E-state index in [4.69, 9.17) is 4.74 Å². The Morgan fingerprint density at radius 2 is 1.75 bits per heavy atom. The highest BCUT2D eigenvalue weighted by Crippen LogP contribution is 2.29. The first-order chi connectivity index (χ1) is 13.3. The number of ether oxygens (including phenoxy) is 1. The minimum Gasteiger partial charge on any atom is -0.456 e. The number of carbonyl (C=O) groups excluding carboxylic acids is 1.